The maximum absolute atomic E-state index is 2.61. The minimum absolute atomic E-state index is 0. The van der Waals surface area contributed by atoms with Crippen LogP contribution in [0.25, 0.3) is 11.1 Å². The van der Waals surface area contributed by atoms with Crippen molar-refractivity contribution in [3.8, 4) is 11.1 Å². The van der Waals surface area contributed by atoms with Gasteiger partial charge in [0.2, 0.25) is 0 Å². The molecule has 1 unspecified atom stereocenters. The van der Waals surface area contributed by atoms with E-state index in [1.807, 2.05) is 3.28 Å². The first-order valence-corrected chi connectivity index (χ1v) is 18.8. The summed E-state index contributed by atoms with van der Waals surface area (Å²) in [4.78, 5) is 0. The standard InChI is InChI=1S/C13H9.C9H13.C2H6Si.2ClH.Zr/c1-3-7-12-10(5-1)9-11-6-2-4-8-13(11)12;1-3-8-5-6-9(4-2)7-8;1-3-2;;;/h1-9H;5-6,8H,3-4H2,1-2H3;1-2H3;2*1H;/q;;;;;+2/p-2. The molecule has 2 aliphatic rings. The average molecular weight is 507 g/mol. The van der Waals surface area contributed by atoms with Crippen LogP contribution in [0, 0.1) is 5.92 Å². The maximum Gasteiger partial charge on any atom is -1.00 e. The monoisotopic (exact) mass is 504 g/mol. The summed E-state index contributed by atoms with van der Waals surface area (Å²) in [5, 5.41) is 0. The summed E-state index contributed by atoms with van der Waals surface area (Å²) >= 11 is -1.86. The fraction of sp³-hybridized carbons (Fsp3) is 0.333. The van der Waals surface area contributed by atoms with Crippen molar-refractivity contribution >= 4 is 5.43 Å². The van der Waals surface area contributed by atoms with Gasteiger partial charge in [0.05, 0.1) is 0 Å². The number of halogens is 2. The number of hydrogen-bond acceptors (Lipinski definition) is 0. The van der Waals surface area contributed by atoms with E-state index in [0.717, 1.165) is 9.54 Å². The fourth-order valence-electron chi connectivity index (χ4n) is 4.86. The Balaban J connectivity index is 0.00000140. The third-order valence-electron chi connectivity index (χ3n) is 6.02. The molecule has 0 radical (unpaired) electrons. The Kier molecular flexibility index (Phi) is 8.59. The van der Waals surface area contributed by atoms with Gasteiger partial charge in [-0.25, -0.2) is 0 Å². The van der Waals surface area contributed by atoms with Crippen LogP contribution in [0.4, 0.5) is 0 Å². The largest absolute Gasteiger partial charge is 1.00 e. The summed E-state index contributed by atoms with van der Waals surface area (Å²) in [5.74, 6) is 0.721. The van der Waals surface area contributed by atoms with Crippen LogP contribution in [0.15, 0.2) is 69.5 Å². The van der Waals surface area contributed by atoms with Crippen molar-refractivity contribution < 1.29 is 45.2 Å². The molecule has 0 fully saturated rings. The van der Waals surface area contributed by atoms with Gasteiger partial charge in [-0.2, -0.15) is 0 Å². The zero-order valence-corrected chi connectivity index (χ0v) is 22.1. The van der Waals surface area contributed by atoms with Crippen LogP contribution in [0.3, 0.4) is 0 Å². The van der Waals surface area contributed by atoms with Gasteiger partial charge in [-0.3, -0.25) is 0 Å². The zero-order chi connectivity index (χ0) is 18.3. The maximum atomic E-state index is 2.61. The van der Waals surface area contributed by atoms with Crippen molar-refractivity contribution in [2.24, 2.45) is 5.92 Å². The van der Waals surface area contributed by atoms with Crippen LogP contribution in [-0.4, -0.2) is 5.43 Å². The second-order valence-corrected chi connectivity index (χ2v) is 25.0. The summed E-state index contributed by atoms with van der Waals surface area (Å²) in [6, 6.07) is 18.5. The van der Waals surface area contributed by atoms with Crippen LogP contribution in [0.1, 0.15) is 41.4 Å². The van der Waals surface area contributed by atoms with Gasteiger partial charge < -0.3 is 24.8 Å². The predicted molar refractivity (Wildman–Crippen MR) is 111 cm³/mol. The molecule has 0 N–H and O–H groups in total. The Hall–Kier alpha value is -0.400. The van der Waals surface area contributed by atoms with Crippen molar-refractivity contribution in [2.45, 2.75) is 43.4 Å². The van der Waals surface area contributed by atoms with E-state index in [9.17, 15) is 0 Å². The van der Waals surface area contributed by atoms with Gasteiger partial charge in [0, 0.05) is 0 Å². The van der Waals surface area contributed by atoms with Crippen LogP contribution >= 0.6 is 0 Å². The van der Waals surface area contributed by atoms with Gasteiger partial charge in [0.25, 0.3) is 0 Å². The first-order valence-electron chi connectivity index (χ1n) is 9.94. The van der Waals surface area contributed by atoms with E-state index in [0.29, 0.717) is 0 Å². The molecule has 0 saturated carbocycles. The Bertz CT molecular complexity index is 909. The van der Waals surface area contributed by atoms with E-state index in [-0.39, 0.29) is 30.2 Å². The first-order chi connectivity index (χ1) is 12.7. The number of hydrogen-bond donors (Lipinski definition) is 0. The van der Waals surface area contributed by atoms with Crippen molar-refractivity contribution in [3.63, 3.8) is 0 Å². The molecule has 0 saturated heterocycles. The Morgan fingerprint density at radius 3 is 1.86 bits per heavy atom. The van der Waals surface area contributed by atoms with Gasteiger partial charge in [-0.15, -0.1) is 0 Å². The minimum Gasteiger partial charge on any atom is -1.00 e. The van der Waals surface area contributed by atoms with E-state index in [2.05, 4.69) is 87.6 Å². The van der Waals surface area contributed by atoms with Gasteiger partial charge in [-0.1, -0.05) is 0 Å². The molecule has 0 heterocycles. The summed E-state index contributed by atoms with van der Waals surface area (Å²) in [6.45, 7) is 9.94. The van der Waals surface area contributed by atoms with Crippen molar-refractivity contribution in [1.82, 2.24) is 0 Å². The summed E-state index contributed by atoms with van der Waals surface area (Å²) in [6.07, 6.45) is 7.47. The molecule has 2 aromatic rings. The molecular weight excluding hydrogens is 478 g/mol. The molecule has 1 atom stereocenters. The minimum atomic E-state index is -1.86. The van der Waals surface area contributed by atoms with Crippen molar-refractivity contribution in [1.29, 1.82) is 0 Å². The molecule has 146 valence electrons. The smallest absolute Gasteiger partial charge is 1.00 e. The van der Waals surface area contributed by atoms with E-state index in [1.165, 1.54) is 24.0 Å². The second-order valence-electron chi connectivity index (χ2n) is 7.69. The second kappa shape index (κ2) is 10.1. The van der Waals surface area contributed by atoms with Crippen molar-refractivity contribution in [3.05, 3.63) is 80.7 Å². The summed E-state index contributed by atoms with van der Waals surface area (Å²) in [5.41, 5.74) is 7.67. The quantitative estimate of drug-likeness (QED) is 0.541. The molecule has 0 spiro atoms. The van der Waals surface area contributed by atoms with Crippen LogP contribution < -0.4 is 24.8 Å². The molecule has 0 bridgehead atoms. The van der Waals surface area contributed by atoms with Crippen LogP contribution in [-0.2, 0) is 20.4 Å². The zero-order valence-electron chi connectivity index (χ0n) is 17.1. The predicted octanol–water partition coefficient (Wildman–Crippen LogP) is 0.894. The molecule has 0 nitrogen and oxygen atoms in total. The molecule has 0 aromatic heterocycles. The Morgan fingerprint density at radius 1 is 0.857 bits per heavy atom. The Labute approximate surface area is 190 Å². The molecule has 28 heavy (non-hydrogen) atoms. The van der Waals surface area contributed by atoms with E-state index in [4.69, 9.17) is 0 Å². The van der Waals surface area contributed by atoms with Gasteiger partial charge >= 0.3 is 167 Å². The molecule has 2 aliphatic carbocycles. The fourth-order valence-corrected chi connectivity index (χ4v) is 24.8. The third-order valence-corrected chi connectivity index (χ3v) is 24.4. The SMILES string of the molecule is CCC1=[C]([Zr+2]([CH]2c3ccccc3-c3ccccc32)=[Si](C)C)C(CC)C=C1.[Cl-].[Cl-]. The molecule has 4 heteroatoms. The normalized spacial score (nSPS) is 16.6. The molecule has 4 rings (SSSR count). The number of rotatable bonds is 4. The molecular formula is C24H28Cl2SiZr. The summed E-state index contributed by atoms with van der Waals surface area (Å²) < 4.78 is 2.67. The van der Waals surface area contributed by atoms with E-state index >= 15 is 0 Å². The average Bonchev–Trinajstić information content (AvgIpc) is 3.22. The van der Waals surface area contributed by atoms with Gasteiger partial charge in [0.1, 0.15) is 0 Å². The first kappa shape index (κ1) is 23.9. The van der Waals surface area contributed by atoms with Crippen LogP contribution in [0.2, 0.25) is 13.1 Å². The molecule has 0 aliphatic heterocycles. The number of benzene rings is 2. The topological polar surface area (TPSA) is 0 Å². The third kappa shape index (κ3) is 3.95. The molecule has 0 amide bonds. The van der Waals surface area contributed by atoms with E-state index < -0.39 is 20.4 Å². The number of allylic oxidation sites excluding steroid dienone is 4. The van der Waals surface area contributed by atoms with Crippen LogP contribution in [0.5, 0.6) is 0 Å². The van der Waals surface area contributed by atoms with Crippen molar-refractivity contribution in [2.75, 3.05) is 0 Å². The number of fused-ring (bicyclic) bond motifs is 3. The van der Waals surface area contributed by atoms with Gasteiger partial charge in [0.15, 0.2) is 0 Å². The Morgan fingerprint density at radius 2 is 1.39 bits per heavy atom. The summed E-state index contributed by atoms with van der Waals surface area (Å²) in [7, 11) is 0. The van der Waals surface area contributed by atoms with Gasteiger partial charge in [-0.05, 0) is 0 Å². The van der Waals surface area contributed by atoms with E-state index in [1.54, 1.807) is 16.7 Å². The molecule has 2 aromatic carbocycles.